The molecule has 0 amide bonds. The Labute approximate surface area is 89.0 Å². The summed E-state index contributed by atoms with van der Waals surface area (Å²) in [6.07, 6.45) is 3.60. The zero-order valence-corrected chi connectivity index (χ0v) is 8.59. The summed E-state index contributed by atoms with van der Waals surface area (Å²) in [6.45, 7) is 1.93. The van der Waals surface area contributed by atoms with Crippen LogP contribution in [0, 0.1) is 0 Å². The predicted molar refractivity (Wildman–Crippen MR) is 64.4 cm³/mol. The normalized spacial score (nSPS) is 11.7. The molecule has 0 heterocycles. The van der Waals surface area contributed by atoms with Gasteiger partial charge in [-0.1, -0.05) is 36.4 Å². The Bertz CT molecular complexity index is 386. The van der Waals surface area contributed by atoms with E-state index >= 15 is 0 Å². The van der Waals surface area contributed by atoms with Gasteiger partial charge in [0.2, 0.25) is 5.96 Å². The lowest BCUT2D eigenvalue weighted by molar-refractivity contribution is 1.21. The van der Waals surface area contributed by atoms with E-state index in [9.17, 15) is 0 Å². The molecule has 0 aliphatic rings. The number of benzene rings is 1. The van der Waals surface area contributed by atoms with Gasteiger partial charge in [-0.3, -0.25) is 0 Å². The van der Waals surface area contributed by atoms with Gasteiger partial charge in [0, 0.05) is 0 Å². The molecule has 78 valence electrons. The fourth-order valence-corrected chi connectivity index (χ4v) is 1.04. The highest BCUT2D eigenvalue weighted by atomic mass is 15.3. The molecule has 0 aliphatic heterocycles. The molecule has 0 unspecified atom stereocenters. The lowest BCUT2D eigenvalue weighted by atomic mass is 10.1. The highest BCUT2D eigenvalue weighted by molar-refractivity contribution is 5.85. The highest BCUT2D eigenvalue weighted by Crippen LogP contribution is 2.04. The Morgan fingerprint density at radius 3 is 2.47 bits per heavy atom. The fraction of sp³-hybridized carbons (Fsp3) is 0.0909. The van der Waals surface area contributed by atoms with Gasteiger partial charge < -0.3 is 11.5 Å². The number of nitrogens with two attached hydrogens (primary N) is 2. The summed E-state index contributed by atoms with van der Waals surface area (Å²) in [5.74, 6) is -0.0428. The molecular weight excluding hydrogens is 188 g/mol. The van der Waals surface area contributed by atoms with Crippen LogP contribution in [-0.4, -0.2) is 12.2 Å². The number of hydrogen-bond donors (Lipinski definition) is 2. The van der Waals surface area contributed by atoms with Crippen molar-refractivity contribution < 1.29 is 0 Å². The summed E-state index contributed by atoms with van der Waals surface area (Å²) in [5.41, 5.74) is 12.3. The average Bonchev–Trinajstić information content (AvgIpc) is 2.18. The van der Waals surface area contributed by atoms with Crippen LogP contribution in [0.15, 0.2) is 46.1 Å². The van der Waals surface area contributed by atoms with Gasteiger partial charge in [-0.2, -0.15) is 5.10 Å². The van der Waals surface area contributed by atoms with Gasteiger partial charge in [0.25, 0.3) is 0 Å². The summed E-state index contributed by atoms with van der Waals surface area (Å²) in [5, 5.41) is 7.22. The summed E-state index contributed by atoms with van der Waals surface area (Å²) >= 11 is 0. The van der Waals surface area contributed by atoms with Crippen LogP contribution in [0.2, 0.25) is 0 Å². The summed E-state index contributed by atoms with van der Waals surface area (Å²) < 4.78 is 0. The van der Waals surface area contributed by atoms with E-state index in [2.05, 4.69) is 10.2 Å². The van der Waals surface area contributed by atoms with Crippen molar-refractivity contribution in [1.29, 1.82) is 0 Å². The van der Waals surface area contributed by atoms with E-state index < -0.39 is 0 Å². The van der Waals surface area contributed by atoms with Gasteiger partial charge in [-0.15, -0.1) is 5.10 Å². The second kappa shape index (κ2) is 5.59. The Hall–Kier alpha value is -2.10. The van der Waals surface area contributed by atoms with Gasteiger partial charge in [0.05, 0.1) is 6.21 Å². The molecular formula is C11H14N4. The van der Waals surface area contributed by atoms with Crippen LogP contribution in [0.3, 0.4) is 0 Å². The Morgan fingerprint density at radius 1 is 1.20 bits per heavy atom. The zero-order valence-electron chi connectivity index (χ0n) is 8.59. The molecule has 0 aliphatic carbocycles. The Kier molecular flexibility index (Phi) is 4.09. The molecule has 1 aromatic rings. The number of rotatable bonds is 3. The van der Waals surface area contributed by atoms with E-state index in [1.165, 1.54) is 0 Å². The predicted octanol–water partition coefficient (Wildman–Crippen LogP) is 1.35. The molecule has 0 fully saturated rings. The maximum atomic E-state index is 5.13. The fourth-order valence-electron chi connectivity index (χ4n) is 1.04. The lowest BCUT2D eigenvalue weighted by Gasteiger charge is -1.93. The van der Waals surface area contributed by atoms with E-state index in [1.807, 2.05) is 43.3 Å². The van der Waals surface area contributed by atoms with Crippen molar-refractivity contribution in [2.75, 3.05) is 0 Å². The monoisotopic (exact) mass is 202 g/mol. The summed E-state index contributed by atoms with van der Waals surface area (Å²) in [4.78, 5) is 0. The Balaban J connectivity index is 2.69. The average molecular weight is 202 g/mol. The van der Waals surface area contributed by atoms with E-state index in [0.717, 1.165) is 11.1 Å². The molecule has 0 aromatic heterocycles. The minimum Gasteiger partial charge on any atom is -0.369 e. The second-order valence-electron chi connectivity index (χ2n) is 3.07. The van der Waals surface area contributed by atoms with Crippen molar-refractivity contribution >= 4 is 18.3 Å². The lowest BCUT2D eigenvalue weighted by Crippen LogP contribution is -2.21. The third-order valence-electron chi connectivity index (χ3n) is 1.63. The minimum atomic E-state index is -0.0428. The molecule has 4 N–H and O–H groups in total. The molecule has 0 saturated carbocycles. The minimum absolute atomic E-state index is 0.0428. The van der Waals surface area contributed by atoms with Gasteiger partial charge in [-0.25, -0.2) is 0 Å². The first-order valence-electron chi connectivity index (χ1n) is 4.54. The molecule has 1 aromatic carbocycles. The number of allylic oxidation sites excluding steroid dienone is 1. The van der Waals surface area contributed by atoms with Crippen molar-refractivity contribution in [2.24, 2.45) is 21.7 Å². The zero-order chi connectivity index (χ0) is 11.1. The maximum Gasteiger partial charge on any atom is 0.211 e. The topological polar surface area (TPSA) is 76.8 Å². The molecule has 0 radical (unpaired) electrons. The van der Waals surface area contributed by atoms with Crippen LogP contribution in [0.25, 0.3) is 6.08 Å². The van der Waals surface area contributed by atoms with Crippen LogP contribution < -0.4 is 11.5 Å². The number of hydrogen-bond acceptors (Lipinski definition) is 2. The highest BCUT2D eigenvalue weighted by Gasteiger charge is 1.86. The molecule has 4 heteroatoms. The molecule has 0 spiro atoms. The van der Waals surface area contributed by atoms with E-state index in [1.54, 1.807) is 6.21 Å². The third-order valence-corrected chi connectivity index (χ3v) is 1.63. The summed E-state index contributed by atoms with van der Waals surface area (Å²) in [6, 6.07) is 9.95. The van der Waals surface area contributed by atoms with Gasteiger partial charge in [0.15, 0.2) is 0 Å². The van der Waals surface area contributed by atoms with E-state index in [0.29, 0.717) is 0 Å². The van der Waals surface area contributed by atoms with Crippen molar-refractivity contribution in [3.63, 3.8) is 0 Å². The quantitative estimate of drug-likeness (QED) is 0.441. The second-order valence-corrected chi connectivity index (χ2v) is 3.07. The smallest absolute Gasteiger partial charge is 0.211 e. The first-order chi connectivity index (χ1) is 7.18. The molecule has 0 atom stereocenters. The molecule has 15 heavy (non-hydrogen) atoms. The Morgan fingerprint density at radius 2 is 1.87 bits per heavy atom. The summed E-state index contributed by atoms with van der Waals surface area (Å²) in [7, 11) is 0. The van der Waals surface area contributed by atoms with Crippen LogP contribution in [0.4, 0.5) is 0 Å². The van der Waals surface area contributed by atoms with Crippen molar-refractivity contribution in [3.8, 4) is 0 Å². The largest absolute Gasteiger partial charge is 0.369 e. The molecule has 0 bridgehead atoms. The van der Waals surface area contributed by atoms with Gasteiger partial charge in [0.1, 0.15) is 0 Å². The SMILES string of the molecule is CC(C=NN=C(N)N)=Cc1ccccc1. The molecule has 1 rings (SSSR count). The van der Waals surface area contributed by atoms with Crippen molar-refractivity contribution in [1.82, 2.24) is 0 Å². The third kappa shape index (κ3) is 4.61. The standard InChI is InChI=1S/C11H14N4/c1-9(8-14-15-11(12)13)7-10-5-3-2-4-6-10/h2-8H,1H3,(H4,12,13,15). The van der Waals surface area contributed by atoms with Crippen LogP contribution in [-0.2, 0) is 0 Å². The number of guanidine groups is 1. The van der Waals surface area contributed by atoms with Gasteiger partial charge >= 0.3 is 0 Å². The number of nitrogens with zero attached hydrogens (tertiary/aromatic N) is 2. The van der Waals surface area contributed by atoms with Crippen LogP contribution >= 0.6 is 0 Å². The van der Waals surface area contributed by atoms with E-state index in [4.69, 9.17) is 11.5 Å². The van der Waals surface area contributed by atoms with Crippen molar-refractivity contribution in [2.45, 2.75) is 6.92 Å². The first-order valence-corrected chi connectivity index (χ1v) is 4.54. The van der Waals surface area contributed by atoms with Crippen LogP contribution in [0.1, 0.15) is 12.5 Å². The van der Waals surface area contributed by atoms with E-state index in [-0.39, 0.29) is 5.96 Å². The first kappa shape index (κ1) is 11.0. The molecule has 0 saturated heterocycles. The van der Waals surface area contributed by atoms with Crippen LogP contribution in [0.5, 0.6) is 0 Å². The van der Waals surface area contributed by atoms with Crippen molar-refractivity contribution in [3.05, 3.63) is 41.5 Å². The maximum absolute atomic E-state index is 5.13. The van der Waals surface area contributed by atoms with Gasteiger partial charge in [-0.05, 0) is 18.1 Å². The molecule has 4 nitrogen and oxygen atoms in total.